The highest BCUT2D eigenvalue weighted by molar-refractivity contribution is 9.10. The van der Waals surface area contributed by atoms with Crippen LogP contribution in [0.2, 0.25) is 0 Å². The molecule has 26 heavy (non-hydrogen) atoms. The Bertz CT molecular complexity index is 1010. The van der Waals surface area contributed by atoms with Crippen LogP contribution in [-0.2, 0) is 9.53 Å². The molecule has 0 aliphatic heterocycles. The van der Waals surface area contributed by atoms with Gasteiger partial charge in [-0.3, -0.25) is 4.79 Å². The summed E-state index contributed by atoms with van der Waals surface area (Å²) in [5.74, 6) is -0.830. The maximum Gasteiger partial charge on any atom is 0.339 e. The van der Waals surface area contributed by atoms with Crippen LogP contribution in [0.5, 0.6) is 0 Å². The largest absolute Gasteiger partial charge is 0.465 e. The van der Waals surface area contributed by atoms with Gasteiger partial charge >= 0.3 is 5.97 Å². The van der Waals surface area contributed by atoms with E-state index in [9.17, 15) is 9.59 Å². The standard InChI is InChI=1S/C21H16BrNO3/c1-26-21(25)17-8-4-5-9-18(17)23-19(24)13-12-15-11-10-14-6-2-3-7-16(14)20(15)22/h2-13H,1H3,(H,23,24)/b13-12+. The number of ether oxygens (including phenoxy) is 1. The molecular weight excluding hydrogens is 394 g/mol. The number of benzene rings is 3. The monoisotopic (exact) mass is 409 g/mol. The van der Waals surface area contributed by atoms with E-state index in [-0.39, 0.29) is 5.91 Å². The van der Waals surface area contributed by atoms with E-state index in [0.717, 1.165) is 20.8 Å². The van der Waals surface area contributed by atoms with Crippen molar-refractivity contribution >= 4 is 50.3 Å². The van der Waals surface area contributed by atoms with Gasteiger partial charge in [0.05, 0.1) is 18.4 Å². The van der Waals surface area contributed by atoms with Gasteiger partial charge in [0, 0.05) is 10.5 Å². The number of halogens is 1. The molecule has 5 heteroatoms. The van der Waals surface area contributed by atoms with Crippen LogP contribution >= 0.6 is 15.9 Å². The summed E-state index contributed by atoms with van der Waals surface area (Å²) >= 11 is 3.59. The molecule has 0 aromatic heterocycles. The van der Waals surface area contributed by atoms with Crippen molar-refractivity contribution in [3.8, 4) is 0 Å². The SMILES string of the molecule is COC(=O)c1ccccc1NC(=O)/C=C/c1ccc2ccccc2c1Br. The molecule has 0 atom stereocenters. The molecule has 0 unspecified atom stereocenters. The van der Waals surface area contributed by atoms with E-state index in [1.165, 1.54) is 13.2 Å². The summed E-state index contributed by atoms with van der Waals surface area (Å²) in [7, 11) is 1.30. The minimum Gasteiger partial charge on any atom is -0.465 e. The lowest BCUT2D eigenvalue weighted by Gasteiger charge is -2.08. The van der Waals surface area contributed by atoms with Gasteiger partial charge in [-0.25, -0.2) is 4.79 Å². The number of para-hydroxylation sites is 1. The van der Waals surface area contributed by atoms with Crippen molar-refractivity contribution in [3.63, 3.8) is 0 Å². The lowest BCUT2D eigenvalue weighted by atomic mass is 10.1. The number of rotatable bonds is 4. The highest BCUT2D eigenvalue weighted by Gasteiger charge is 2.12. The van der Waals surface area contributed by atoms with Crippen LogP contribution < -0.4 is 5.32 Å². The first-order valence-corrected chi connectivity index (χ1v) is 8.73. The van der Waals surface area contributed by atoms with Gasteiger partial charge in [0.15, 0.2) is 0 Å². The van der Waals surface area contributed by atoms with Crippen LogP contribution in [0.25, 0.3) is 16.8 Å². The Morgan fingerprint density at radius 2 is 1.73 bits per heavy atom. The number of esters is 1. The Hall–Kier alpha value is -2.92. The fourth-order valence-electron chi connectivity index (χ4n) is 2.60. The molecular formula is C21H16BrNO3. The van der Waals surface area contributed by atoms with E-state index in [2.05, 4.69) is 21.2 Å². The predicted octanol–water partition coefficient (Wildman–Crippen LogP) is 5.04. The van der Waals surface area contributed by atoms with Crippen LogP contribution in [0, 0.1) is 0 Å². The molecule has 0 saturated heterocycles. The molecule has 0 spiro atoms. The van der Waals surface area contributed by atoms with Crippen LogP contribution in [-0.4, -0.2) is 19.0 Å². The third-order valence-electron chi connectivity index (χ3n) is 3.90. The number of carbonyl (C=O) groups excluding carboxylic acids is 2. The average molecular weight is 410 g/mol. The summed E-state index contributed by atoms with van der Waals surface area (Å²) in [5.41, 5.74) is 1.61. The number of hydrogen-bond acceptors (Lipinski definition) is 3. The number of methoxy groups -OCH3 is 1. The average Bonchev–Trinajstić information content (AvgIpc) is 2.67. The summed E-state index contributed by atoms with van der Waals surface area (Å²) in [6.07, 6.45) is 3.16. The number of anilines is 1. The number of hydrogen-bond donors (Lipinski definition) is 1. The van der Waals surface area contributed by atoms with E-state index in [0.29, 0.717) is 11.3 Å². The van der Waals surface area contributed by atoms with Crippen molar-refractivity contribution in [3.05, 3.63) is 82.3 Å². The molecule has 0 aliphatic rings. The van der Waals surface area contributed by atoms with Gasteiger partial charge in [-0.2, -0.15) is 0 Å². The first kappa shape index (κ1) is 17.9. The van der Waals surface area contributed by atoms with Crippen molar-refractivity contribution in [2.75, 3.05) is 12.4 Å². The second kappa shape index (κ2) is 7.97. The maximum absolute atomic E-state index is 12.3. The minimum atomic E-state index is -0.498. The summed E-state index contributed by atoms with van der Waals surface area (Å²) in [6, 6.07) is 18.7. The molecule has 3 aromatic rings. The zero-order chi connectivity index (χ0) is 18.5. The quantitative estimate of drug-likeness (QED) is 0.484. The smallest absolute Gasteiger partial charge is 0.339 e. The van der Waals surface area contributed by atoms with E-state index in [4.69, 9.17) is 4.74 Å². The molecule has 4 nitrogen and oxygen atoms in total. The second-order valence-electron chi connectivity index (χ2n) is 5.55. The Labute approximate surface area is 159 Å². The number of carbonyl (C=O) groups is 2. The Morgan fingerprint density at radius 3 is 2.54 bits per heavy atom. The first-order valence-electron chi connectivity index (χ1n) is 7.94. The molecule has 1 amide bonds. The van der Waals surface area contributed by atoms with Crippen LogP contribution in [0.1, 0.15) is 15.9 Å². The van der Waals surface area contributed by atoms with Gasteiger partial charge in [-0.05, 0) is 50.5 Å². The molecule has 0 bridgehead atoms. The van der Waals surface area contributed by atoms with Gasteiger partial charge in [0.1, 0.15) is 0 Å². The van der Waals surface area contributed by atoms with Crippen molar-refractivity contribution in [2.24, 2.45) is 0 Å². The Kier molecular flexibility index (Phi) is 5.49. The fourth-order valence-corrected chi connectivity index (χ4v) is 3.22. The Balaban J connectivity index is 1.81. The number of amides is 1. The van der Waals surface area contributed by atoms with Crippen molar-refractivity contribution in [2.45, 2.75) is 0 Å². The highest BCUT2D eigenvalue weighted by Crippen LogP contribution is 2.28. The number of nitrogens with one attached hydrogen (secondary N) is 1. The molecule has 0 heterocycles. The van der Waals surface area contributed by atoms with Crippen LogP contribution in [0.4, 0.5) is 5.69 Å². The third kappa shape index (κ3) is 3.83. The van der Waals surface area contributed by atoms with Crippen molar-refractivity contribution in [1.29, 1.82) is 0 Å². The van der Waals surface area contributed by atoms with Crippen molar-refractivity contribution < 1.29 is 14.3 Å². The van der Waals surface area contributed by atoms with Gasteiger partial charge in [0.2, 0.25) is 5.91 Å². The fraction of sp³-hybridized carbons (Fsp3) is 0.0476. The Morgan fingerprint density at radius 1 is 1.00 bits per heavy atom. The zero-order valence-corrected chi connectivity index (χ0v) is 15.6. The summed E-state index contributed by atoms with van der Waals surface area (Å²) in [6.45, 7) is 0. The molecule has 0 fully saturated rings. The summed E-state index contributed by atoms with van der Waals surface area (Å²) < 4.78 is 5.66. The molecule has 3 rings (SSSR count). The number of fused-ring (bicyclic) bond motifs is 1. The molecule has 0 radical (unpaired) electrons. The summed E-state index contributed by atoms with van der Waals surface area (Å²) in [5, 5.41) is 4.90. The topological polar surface area (TPSA) is 55.4 Å². The molecule has 0 saturated carbocycles. The normalized spacial score (nSPS) is 10.8. The third-order valence-corrected chi connectivity index (χ3v) is 4.78. The molecule has 1 N–H and O–H groups in total. The van der Waals surface area contributed by atoms with Gasteiger partial charge in [-0.1, -0.05) is 48.5 Å². The second-order valence-corrected chi connectivity index (χ2v) is 6.34. The molecule has 0 aliphatic carbocycles. The van der Waals surface area contributed by atoms with E-state index in [1.54, 1.807) is 30.3 Å². The summed E-state index contributed by atoms with van der Waals surface area (Å²) in [4.78, 5) is 24.0. The predicted molar refractivity (Wildman–Crippen MR) is 107 cm³/mol. The van der Waals surface area contributed by atoms with Gasteiger partial charge in [0.25, 0.3) is 0 Å². The van der Waals surface area contributed by atoms with Crippen LogP contribution in [0.15, 0.2) is 71.2 Å². The zero-order valence-electron chi connectivity index (χ0n) is 14.0. The lowest BCUT2D eigenvalue weighted by molar-refractivity contribution is -0.111. The first-order chi connectivity index (χ1) is 12.6. The van der Waals surface area contributed by atoms with Gasteiger partial charge in [-0.15, -0.1) is 0 Å². The minimum absolute atomic E-state index is 0.309. The maximum atomic E-state index is 12.3. The van der Waals surface area contributed by atoms with E-state index in [1.807, 2.05) is 36.4 Å². The van der Waals surface area contributed by atoms with E-state index >= 15 is 0 Å². The van der Waals surface area contributed by atoms with Crippen molar-refractivity contribution in [1.82, 2.24) is 0 Å². The lowest BCUT2D eigenvalue weighted by Crippen LogP contribution is -2.12. The molecule has 3 aromatic carbocycles. The van der Waals surface area contributed by atoms with Crippen LogP contribution in [0.3, 0.4) is 0 Å². The van der Waals surface area contributed by atoms with Gasteiger partial charge < -0.3 is 10.1 Å². The van der Waals surface area contributed by atoms with E-state index < -0.39 is 5.97 Å². The highest BCUT2D eigenvalue weighted by atomic mass is 79.9. The molecule has 130 valence electrons.